The number of hydrogen-bond donors (Lipinski definition) is 6. The lowest BCUT2D eigenvalue weighted by Crippen LogP contribution is -2.60. The standard InChI is InChI=1S/C85H161NO8/c1-3-5-7-9-11-13-15-17-19-21-23-25-27-29-31-33-35-37-38-39-40-41-42-43-45-47-49-51-53-55-57-59-61-63-65-67-69-71-73-75-81(89)86-78(77-93-85-84(92)83(91)82(90)80(76-87)94-85)79(88)74-72-70-68-66-64-62-60-58-56-54-52-50-48-46-44-36-34-32-30-28-26-24-22-20-18-16-14-12-10-8-6-4-2/h15,17,21,23,27,29,72,74,78-80,82-85,87-88,90-92H,3-14,16,18-20,22,24-26,28,30-71,73,75-77H2,1-2H3,(H,86,89)/b17-15-,23-21-,29-27-,74-72+. The minimum absolute atomic E-state index is 0.167. The van der Waals surface area contributed by atoms with E-state index in [2.05, 4.69) is 55.6 Å². The van der Waals surface area contributed by atoms with Crippen molar-refractivity contribution < 1.29 is 39.8 Å². The fourth-order valence-corrected chi connectivity index (χ4v) is 13.6. The third-order valence-electron chi connectivity index (χ3n) is 20.1. The van der Waals surface area contributed by atoms with Gasteiger partial charge in [-0.05, 0) is 57.8 Å². The van der Waals surface area contributed by atoms with Crippen molar-refractivity contribution in [3.05, 3.63) is 48.6 Å². The van der Waals surface area contributed by atoms with E-state index in [9.17, 15) is 30.3 Å². The summed E-state index contributed by atoms with van der Waals surface area (Å²) in [6.07, 6.45) is 95.6. The average Bonchev–Trinajstić information content (AvgIpc) is 0.829. The van der Waals surface area contributed by atoms with Crippen LogP contribution in [0.5, 0.6) is 0 Å². The molecule has 0 bridgehead atoms. The molecule has 0 aliphatic carbocycles. The summed E-state index contributed by atoms with van der Waals surface area (Å²) >= 11 is 0. The average molecular weight is 1330 g/mol. The lowest BCUT2D eigenvalue weighted by Gasteiger charge is -2.40. The molecule has 0 aromatic rings. The van der Waals surface area contributed by atoms with Gasteiger partial charge < -0.3 is 40.3 Å². The van der Waals surface area contributed by atoms with Crippen molar-refractivity contribution in [1.29, 1.82) is 0 Å². The third kappa shape index (κ3) is 61.3. The summed E-state index contributed by atoms with van der Waals surface area (Å²) in [5, 5.41) is 55.0. The first kappa shape index (κ1) is 90.2. The van der Waals surface area contributed by atoms with Crippen molar-refractivity contribution in [2.75, 3.05) is 13.2 Å². The van der Waals surface area contributed by atoms with Crippen molar-refractivity contribution in [3.8, 4) is 0 Å². The molecule has 0 radical (unpaired) electrons. The Morgan fingerprint density at radius 1 is 0.362 bits per heavy atom. The van der Waals surface area contributed by atoms with Gasteiger partial charge in [0.25, 0.3) is 0 Å². The van der Waals surface area contributed by atoms with Crippen LogP contribution in [0.15, 0.2) is 48.6 Å². The van der Waals surface area contributed by atoms with Crippen LogP contribution in [0.1, 0.15) is 431 Å². The molecular weight excluding hydrogens is 1160 g/mol. The summed E-state index contributed by atoms with van der Waals surface area (Å²) < 4.78 is 11.4. The van der Waals surface area contributed by atoms with Gasteiger partial charge in [-0.1, -0.05) is 416 Å². The van der Waals surface area contributed by atoms with Crippen LogP contribution in [0.3, 0.4) is 0 Å². The monoisotopic (exact) mass is 1320 g/mol. The maximum Gasteiger partial charge on any atom is 0.220 e. The predicted octanol–water partition coefficient (Wildman–Crippen LogP) is 24.3. The number of aliphatic hydroxyl groups is 5. The Balaban J connectivity index is 2.04. The van der Waals surface area contributed by atoms with E-state index in [-0.39, 0.29) is 12.5 Å². The number of carbonyl (C=O) groups excluding carboxylic acids is 1. The summed E-state index contributed by atoms with van der Waals surface area (Å²) in [5.41, 5.74) is 0. The van der Waals surface area contributed by atoms with Gasteiger partial charge in [0.2, 0.25) is 5.91 Å². The molecule has 0 spiro atoms. The summed E-state index contributed by atoms with van der Waals surface area (Å²) in [6, 6.07) is -0.806. The Kier molecular flexibility index (Phi) is 70.8. The highest BCUT2D eigenvalue weighted by molar-refractivity contribution is 5.76. The van der Waals surface area contributed by atoms with Gasteiger partial charge in [0, 0.05) is 6.42 Å². The highest BCUT2D eigenvalue weighted by Crippen LogP contribution is 2.24. The normalized spacial score (nSPS) is 17.7. The summed E-state index contributed by atoms with van der Waals surface area (Å²) in [6.45, 7) is 3.83. The first-order chi connectivity index (χ1) is 46.3. The first-order valence-electron chi connectivity index (χ1n) is 41.9. The number of rotatable bonds is 75. The minimum Gasteiger partial charge on any atom is -0.394 e. The molecule has 1 heterocycles. The van der Waals surface area contributed by atoms with E-state index >= 15 is 0 Å². The molecule has 1 rings (SSSR count). The van der Waals surface area contributed by atoms with Gasteiger partial charge in [0.15, 0.2) is 6.29 Å². The van der Waals surface area contributed by atoms with E-state index in [0.717, 1.165) is 51.4 Å². The van der Waals surface area contributed by atoms with Crippen LogP contribution in [-0.4, -0.2) is 87.5 Å². The number of hydrogen-bond acceptors (Lipinski definition) is 8. The van der Waals surface area contributed by atoms with E-state index in [0.29, 0.717) is 6.42 Å². The quantitative estimate of drug-likeness (QED) is 0.0261. The molecule has 1 aliphatic rings. The molecule has 1 aliphatic heterocycles. The molecule has 9 nitrogen and oxygen atoms in total. The summed E-state index contributed by atoms with van der Waals surface area (Å²) in [4.78, 5) is 13.2. The lowest BCUT2D eigenvalue weighted by atomic mass is 9.99. The first-order valence-corrected chi connectivity index (χ1v) is 41.9. The lowest BCUT2D eigenvalue weighted by molar-refractivity contribution is -0.302. The molecular formula is C85H161NO8. The van der Waals surface area contributed by atoms with E-state index < -0.39 is 49.5 Å². The van der Waals surface area contributed by atoms with Crippen LogP contribution in [0, 0.1) is 0 Å². The number of carbonyl (C=O) groups is 1. The second-order valence-corrected chi connectivity index (χ2v) is 29.3. The van der Waals surface area contributed by atoms with Crippen LogP contribution >= 0.6 is 0 Å². The van der Waals surface area contributed by atoms with E-state index in [1.807, 2.05) is 6.08 Å². The molecule has 94 heavy (non-hydrogen) atoms. The van der Waals surface area contributed by atoms with E-state index in [1.54, 1.807) is 6.08 Å². The largest absolute Gasteiger partial charge is 0.394 e. The van der Waals surface area contributed by atoms with E-state index in [4.69, 9.17) is 9.47 Å². The number of amides is 1. The molecule has 6 N–H and O–H groups in total. The van der Waals surface area contributed by atoms with Gasteiger partial charge in [0.05, 0.1) is 25.4 Å². The zero-order valence-corrected chi connectivity index (χ0v) is 62.5. The minimum atomic E-state index is -1.57. The van der Waals surface area contributed by atoms with Crippen molar-refractivity contribution in [1.82, 2.24) is 5.32 Å². The summed E-state index contributed by atoms with van der Waals surface area (Å²) in [7, 11) is 0. The molecule has 7 atom stereocenters. The van der Waals surface area contributed by atoms with Crippen LogP contribution in [-0.2, 0) is 14.3 Å². The molecule has 7 unspecified atom stereocenters. The molecule has 1 fully saturated rings. The Morgan fingerprint density at radius 2 is 0.628 bits per heavy atom. The van der Waals surface area contributed by atoms with Crippen LogP contribution in [0.25, 0.3) is 0 Å². The number of nitrogens with one attached hydrogen (secondary N) is 1. The zero-order chi connectivity index (χ0) is 67.8. The van der Waals surface area contributed by atoms with Crippen LogP contribution in [0.4, 0.5) is 0 Å². The Morgan fingerprint density at radius 3 is 0.926 bits per heavy atom. The Bertz CT molecular complexity index is 1630. The van der Waals surface area contributed by atoms with Gasteiger partial charge >= 0.3 is 0 Å². The maximum absolute atomic E-state index is 13.2. The highest BCUT2D eigenvalue weighted by Gasteiger charge is 2.44. The van der Waals surface area contributed by atoms with Gasteiger partial charge in [-0.25, -0.2) is 0 Å². The second-order valence-electron chi connectivity index (χ2n) is 29.3. The van der Waals surface area contributed by atoms with Gasteiger partial charge in [-0.2, -0.15) is 0 Å². The van der Waals surface area contributed by atoms with Crippen molar-refractivity contribution >= 4 is 5.91 Å². The molecule has 1 amide bonds. The van der Waals surface area contributed by atoms with Crippen LogP contribution in [0.2, 0.25) is 0 Å². The van der Waals surface area contributed by atoms with Crippen molar-refractivity contribution in [3.63, 3.8) is 0 Å². The Labute approximate surface area is 584 Å². The molecule has 1 saturated heterocycles. The Hall–Kier alpha value is -1.85. The molecule has 0 aromatic carbocycles. The summed E-state index contributed by atoms with van der Waals surface area (Å²) in [5.74, 6) is -0.167. The number of allylic oxidation sites excluding steroid dienone is 7. The number of ether oxygens (including phenoxy) is 2. The highest BCUT2D eigenvalue weighted by atomic mass is 16.7. The molecule has 0 saturated carbocycles. The maximum atomic E-state index is 13.2. The molecule has 0 aromatic heterocycles. The van der Waals surface area contributed by atoms with Crippen molar-refractivity contribution in [2.24, 2.45) is 0 Å². The zero-order valence-electron chi connectivity index (χ0n) is 62.5. The fraction of sp³-hybridized carbons (Fsp3) is 0.894. The molecule has 9 heteroatoms. The predicted molar refractivity (Wildman–Crippen MR) is 406 cm³/mol. The topological polar surface area (TPSA) is 149 Å². The number of unbranched alkanes of at least 4 members (excludes halogenated alkanes) is 59. The number of aliphatic hydroxyl groups excluding tert-OH is 5. The second kappa shape index (κ2) is 73.9. The van der Waals surface area contributed by atoms with Crippen LogP contribution < -0.4 is 5.32 Å². The van der Waals surface area contributed by atoms with Crippen molar-refractivity contribution in [2.45, 2.75) is 474 Å². The SMILES string of the molecule is CCCCCCC/C=C\C/C=C\C/C=C\CCCCCCCCCCCCCCCCCCCCCCCCCCC(=O)NC(COC1OC(CO)C(O)C(O)C1O)C(O)/C=C/CCCCCCCCCCCCCCCCCCCCCCCCCCCCCCCC. The van der Waals surface area contributed by atoms with E-state index in [1.165, 1.54) is 360 Å². The van der Waals surface area contributed by atoms with Gasteiger partial charge in [-0.3, -0.25) is 4.79 Å². The smallest absolute Gasteiger partial charge is 0.220 e. The van der Waals surface area contributed by atoms with Gasteiger partial charge in [-0.15, -0.1) is 0 Å². The third-order valence-corrected chi connectivity index (χ3v) is 20.1. The molecule has 554 valence electrons. The fourth-order valence-electron chi connectivity index (χ4n) is 13.6. The van der Waals surface area contributed by atoms with Gasteiger partial charge in [0.1, 0.15) is 24.4 Å².